The molecule has 0 radical (unpaired) electrons. The summed E-state index contributed by atoms with van der Waals surface area (Å²) in [5.74, 6) is 0.704. The molecule has 0 amide bonds. The van der Waals surface area contributed by atoms with Crippen molar-refractivity contribution in [3.63, 3.8) is 0 Å². The van der Waals surface area contributed by atoms with Gasteiger partial charge in [-0.25, -0.2) is 8.42 Å². The molecule has 0 spiro atoms. The lowest BCUT2D eigenvalue weighted by Crippen LogP contribution is -2.13. The van der Waals surface area contributed by atoms with Crippen LogP contribution in [-0.2, 0) is 10.0 Å². The van der Waals surface area contributed by atoms with Crippen LogP contribution in [-0.4, -0.2) is 8.42 Å². The van der Waals surface area contributed by atoms with Crippen molar-refractivity contribution in [3.8, 4) is 11.3 Å². The summed E-state index contributed by atoms with van der Waals surface area (Å²) in [4.78, 5) is 0.214. The molecule has 22 heavy (non-hydrogen) atoms. The Morgan fingerprint density at radius 1 is 0.909 bits per heavy atom. The highest BCUT2D eigenvalue weighted by Crippen LogP contribution is 2.23. The van der Waals surface area contributed by atoms with Gasteiger partial charge in [-0.3, -0.25) is 4.72 Å². The first-order valence-electron chi connectivity index (χ1n) is 6.79. The van der Waals surface area contributed by atoms with Crippen molar-refractivity contribution >= 4 is 15.7 Å². The Bertz CT molecular complexity index is 867. The number of sulfonamides is 1. The number of hydrogen-bond donors (Lipinski definition) is 1. The molecule has 0 aliphatic heterocycles. The molecular weight excluding hydrogens is 298 g/mol. The average molecular weight is 313 g/mol. The monoisotopic (exact) mass is 313 g/mol. The molecule has 4 nitrogen and oxygen atoms in total. The summed E-state index contributed by atoms with van der Waals surface area (Å²) in [6, 6.07) is 17.5. The number of para-hydroxylation sites is 1. The van der Waals surface area contributed by atoms with E-state index in [1.165, 1.54) is 0 Å². The normalized spacial score (nSPS) is 11.3. The van der Waals surface area contributed by atoms with Crippen LogP contribution in [0.3, 0.4) is 0 Å². The highest BCUT2D eigenvalue weighted by molar-refractivity contribution is 7.92. The first kappa shape index (κ1) is 14.4. The van der Waals surface area contributed by atoms with Gasteiger partial charge in [-0.05, 0) is 55.0 Å². The minimum Gasteiger partial charge on any atom is -0.464 e. The van der Waals surface area contributed by atoms with Gasteiger partial charge in [0.1, 0.15) is 5.76 Å². The molecular formula is C17H15NO3S. The predicted molar refractivity (Wildman–Crippen MR) is 86.1 cm³/mol. The SMILES string of the molecule is Cc1ccccc1NS(=O)(=O)c1ccc(-c2ccco2)cc1. The summed E-state index contributed by atoms with van der Waals surface area (Å²) < 4.78 is 32.7. The summed E-state index contributed by atoms with van der Waals surface area (Å²) in [6.07, 6.45) is 1.58. The molecule has 0 aliphatic rings. The fraction of sp³-hybridized carbons (Fsp3) is 0.0588. The third-order valence-corrected chi connectivity index (χ3v) is 4.74. The zero-order chi connectivity index (χ0) is 15.6. The Kier molecular flexibility index (Phi) is 3.73. The smallest absolute Gasteiger partial charge is 0.261 e. The van der Waals surface area contributed by atoms with E-state index in [2.05, 4.69) is 4.72 Å². The fourth-order valence-electron chi connectivity index (χ4n) is 2.13. The van der Waals surface area contributed by atoms with E-state index in [4.69, 9.17) is 4.42 Å². The zero-order valence-electron chi connectivity index (χ0n) is 12.0. The van der Waals surface area contributed by atoms with E-state index in [0.717, 1.165) is 11.1 Å². The van der Waals surface area contributed by atoms with Crippen LogP contribution < -0.4 is 4.72 Å². The van der Waals surface area contributed by atoms with Crippen LogP contribution in [0.1, 0.15) is 5.56 Å². The van der Waals surface area contributed by atoms with Gasteiger partial charge < -0.3 is 4.42 Å². The molecule has 0 bridgehead atoms. The maximum atomic E-state index is 12.4. The van der Waals surface area contributed by atoms with Gasteiger partial charge >= 0.3 is 0 Å². The lowest BCUT2D eigenvalue weighted by Gasteiger charge is -2.10. The second kappa shape index (κ2) is 5.69. The molecule has 1 N–H and O–H groups in total. The second-order valence-electron chi connectivity index (χ2n) is 4.92. The zero-order valence-corrected chi connectivity index (χ0v) is 12.8. The van der Waals surface area contributed by atoms with Crippen LogP contribution >= 0.6 is 0 Å². The van der Waals surface area contributed by atoms with Crippen molar-refractivity contribution in [2.24, 2.45) is 0 Å². The lowest BCUT2D eigenvalue weighted by molar-refractivity contribution is 0.582. The summed E-state index contributed by atoms with van der Waals surface area (Å²) in [5.41, 5.74) is 2.29. The quantitative estimate of drug-likeness (QED) is 0.790. The van der Waals surface area contributed by atoms with Gasteiger partial charge in [0.25, 0.3) is 10.0 Å². The topological polar surface area (TPSA) is 59.3 Å². The number of benzene rings is 2. The number of aryl methyl sites for hydroxylation is 1. The molecule has 0 saturated carbocycles. The van der Waals surface area contributed by atoms with Crippen LogP contribution in [0.4, 0.5) is 5.69 Å². The van der Waals surface area contributed by atoms with Crippen LogP contribution in [0.2, 0.25) is 0 Å². The molecule has 0 aliphatic carbocycles. The third kappa shape index (κ3) is 2.89. The van der Waals surface area contributed by atoms with Crippen molar-refractivity contribution in [2.75, 3.05) is 4.72 Å². The summed E-state index contributed by atoms with van der Waals surface area (Å²) in [6.45, 7) is 1.86. The van der Waals surface area contributed by atoms with Crippen LogP contribution in [0.25, 0.3) is 11.3 Å². The van der Waals surface area contributed by atoms with Gasteiger partial charge in [0.15, 0.2) is 0 Å². The maximum Gasteiger partial charge on any atom is 0.261 e. The molecule has 0 fully saturated rings. The number of nitrogens with one attached hydrogen (secondary N) is 1. The van der Waals surface area contributed by atoms with E-state index >= 15 is 0 Å². The third-order valence-electron chi connectivity index (χ3n) is 3.36. The summed E-state index contributed by atoms with van der Waals surface area (Å²) >= 11 is 0. The second-order valence-corrected chi connectivity index (χ2v) is 6.60. The Labute approximate surface area is 129 Å². The Hall–Kier alpha value is -2.53. The molecule has 2 aromatic carbocycles. The largest absolute Gasteiger partial charge is 0.464 e. The van der Waals surface area contributed by atoms with E-state index < -0.39 is 10.0 Å². The van der Waals surface area contributed by atoms with Gasteiger partial charge in [-0.1, -0.05) is 18.2 Å². The van der Waals surface area contributed by atoms with E-state index in [9.17, 15) is 8.42 Å². The average Bonchev–Trinajstić information content (AvgIpc) is 3.04. The Morgan fingerprint density at radius 3 is 2.27 bits per heavy atom. The standard InChI is InChI=1S/C17H15NO3S/c1-13-5-2-3-6-16(13)18-22(19,20)15-10-8-14(9-11-15)17-7-4-12-21-17/h2-12,18H,1H3. The van der Waals surface area contributed by atoms with Gasteiger partial charge in [-0.15, -0.1) is 0 Å². The molecule has 0 unspecified atom stereocenters. The highest BCUT2D eigenvalue weighted by Gasteiger charge is 2.15. The molecule has 5 heteroatoms. The first-order chi connectivity index (χ1) is 10.6. The minimum absolute atomic E-state index is 0.214. The minimum atomic E-state index is -3.60. The van der Waals surface area contributed by atoms with E-state index in [-0.39, 0.29) is 4.90 Å². The first-order valence-corrected chi connectivity index (χ1v) is 8.27. The van der Waals surface area contributed by atoms with Crippen molar-refractivity contribution in [2.45, 2.75) is 11.8 Å². The van der Waals surface area contributed by atoms with Crippen molar-refractivity contribution in [1.29, 1.82) is 0 Å². The van der Waals surface area contributed by atoms with E-state index in [1.54, 1.807) is 48.7 Å². The van der Waals surface area contributed by atoms with Crippen molar-refractivity contribution in [3.05, 3.63) is 72.5 Å². The predicted octanol–water partition coefficient (Wildman–Crippen LogP) is 4.06. The fourth-order valence-corrected chi connectivity index (χ4v) is 3.26. The maximum absolute atomic E-state index is 12.4. The van der Waals surface area contributed by atoms with Crippen molar-refractivity contribution in [1.82, 2.24) is 0 Å². The molecule has 0 atom stereocenters. The number of hydrogen-bond acceptors (Lipinski definition) is 3. The van der Waals surface area contributed by atoms with Gasteiger partial charge in [0, 0.05) is 5.56 Å². The number of anilines is 1. The number of furan rings is 1. The highest BCUT2D eigenvalue weighted by atomic mass is 32.2. The molecule has 112 valence electrons. The van der Waals surface area contributed by atoms with Gasteiger partial charge in [-0.2, -0.15) is 0 Å². The molecule has 1 aromatic heterocycles. The molecule has 3 rings (SSSR count). The van der Waals surface area contributed by atoms with Crippen molar-refractivity contribution < 1.29 is 12.8 Å². The Balaban J connectivity index is 1.88. The molecule has 0 saturated heterocycles. The summed E-state index contributed by atoms with van der Waals surface area (Å²) in [5, 5.41) is 0. The van der Waals surface area contributed by atoms with E-state index in [0.29, 0.717) is 11.4 Å². The number of rotatable bonds is 4. The van der Waals surface area contributed by atoms with Gasteiger partial charge in [0.2, 0.25) is 0 Å². The Morgan fingerprint density at radius 2 is 1.64 bits per heavy atom. The van der Waals surface area contributed by atoms with Crippen LogP contribution in [0, 0.1) is 6.92 Å². The van der Waals surface area contributed by atoms with E-state index in [1.807, 2.05) is 25.1 Å². The van der Waals surface area contributed by atoms with Crippen LogP contribution in [0.5, 0.6) is 0 Å². The van der Waals surface area contributed by atoms with Crippen LogP contribution in [0.15, 0.2) is 76.2 Å². The molecule has 1 heterocycles. The lowest BCUT2D eigenvalue weighted by atomic mass is 10.2. The molecule has 3 aromatic rings. The summed E-state index contributed by atoms with van der Waals surface area (Å²) in [7, 11) is -3.60. The van der Waals surface area contributed by atoms with Gasteiger partial charge in [0.05, 0.1) is 16.8 Å².